The lowest BCUT2D eigenvalue weighted by Gasteiger charge is -2.35. The summed E-state index contributed by atoms with van der Waals surface area (Å²) in [5.41, 5.74) is 11.0. The molecule has 3 atom stereocenters. The van der Waals surface area contributed by atoms with E-state index in [1.165, 1.54) is 0 Å². The number of carbonyl (C=O) groups excluding carboxylic acids is 3. The van der Waals surface area contributed by atoms with Gasteiger partial charge in [0, 0.05) is 13.1 Å². The van der Waals surface area contributed by atoms with Crippen LogP contribution >= 0.6 is 0 Å². The van der Waals surface area contributed by atoms with Gasteiger partial charge in [0.1, 0.15) is 17.9 Å². The molecule has 1 aromatic carbocycles. The van der Waals surface area contributed by atoms with E-state index in [-0.39, 0.29) is 17.8 Å². The van der Waals surface area contributed by atoms with Gasteiger partial charge in [-0.05, 0) is 57.1 Å². The first kappa shape index (κ1) is 23.7. The van der Waals surface area contributed by atoms with Crippen molar-refractivity contribution in [3.63, 3.8) is 0 Å². The van der Waals surface area contributed by atoms with Crippen LogP contribution in [0.25, 0.3) is 0 Å². The molecule has 0 spiro atoms. The van der Waals surface area contributed by atoms with Crippen LogP contribution in [0.5, 0.6) is 0 Å². The van der Waals surface area contributed by atoms with Gasteiger partial charge in [0.2, 0.25) is 11.8 Å². The molecule has 9 nitrogen and oxygen atoms in total. The molecule has 2 amide bonds. The summed E-state index contributed by atoms with van der Waals surface area (Å²) in [5, 5.41) is 6.24. The van der Waals surface area contributed by atoms with Gasteiger partial charge in [-0.2, -0.15) is 0 Å². The van der Waals surface area contributed by atoms with Crippen LogP contribution in [0.4, 0.5) is 0 Å². The summed E-state index contributed by atoms with van der Waals surface area (Å²) in [7, 11) is 0. The van der Waals surface area contributed by atoms with Gasteiger partial charge in [-0.1, -0.05) is 30.3 Å². The Bertz CT molecular complexity index is 818. The highest BCUT2D eigenvalue weighted by molar-refractivity contribution is 5.93. The highest BCUT2D eigenvalue weighted by Crippen LogP contribution is 2.30. The largest absolute Gasteiger partial charge is 0.370 e. The second-order valence-corrected chi connectivity index (χ2v) is 8.63. The van der Waals surface area contributed by atoms with Gasteiger partial charge in [-0.15, -0.1) is 0 Å². The molecule has 6 N–H and O–H groups in total. The summed E-state index contributed by atoms with van der Waals surface area (Å²) in [6.07, 6.45) is 5.36. The topological polar surface area (TPSA) is 143 Å². The Labute approximate surface area is 189 Å². The van der Waals surface area contributed by atoms with Crippen LogP contribution in [0.15, 0.2) is 35.3 Å². The van der Waals surface area contributed by atoms with E-state index in [9.17, 15) is 14.4 Å². The van der Waals surface area contributed by atoms with Crippen molar-refractivity contribution in [1.29, 1.82) is 0 Å². The molecule has 0 aliphatic carbocycles. The number of guanidine groups is 1. The number of nitrogens with one attached hydrogen (secondary N) is 2. The molecule has 2 aliphatic rings. The molecule has 0 saturated carbocycles. The molecular weight excluding hydrogens is 408 g/mol. The predicted molar refractivity (Wildman–Crippen MR) is 123 cm³/mol. The second kappa shape index (κ2) is 11.1. The van der Waals surface area contributed by atoms with E-state index in [4.69, 9.17) is 11.5 Å². The van der Waals surface area contributed by atoms with Gasteiger partial charge >= 0.3 is 0 Å². The molecule has 32 heavy (non-hydrogen) atoms. The van der Waals surface area contributed by atoms with E-state index in [1.807, 2.05) is 30.3 Å². The molecule has 9 heteroatoms. The summed E-state index contributed by atoms with van der Waals surface area (Å²) in [4.78, 5) is 43.8. The molecule has 3 rings (SSSR count). The summed E-state index contributed by atoms with van der Waals surface area (Å²) >= 11 is 0. The number of rotatable bonds is 10. The Morgan fingerprint density at radius 3 is 2.72 bits per heavy atom. The number of nitrogens with zero attached hydrogens (tertiary/aromatic N) is 2. The van der Waals surface area contributed by atoms with Crippen molar-refractivity contribution in [1.82, 2.24) is 15.5 Å². The first-order valence-electron chi connectivity index (χ1n) is 11.4. The van der Waals surface area contributed by atoms with E-state index in [1.54, 1.807) is 4.90 Å². The van der Waals surface area contributed by atoms with Gasteiger partial charge in [-0.3, -0.25) is 14.6 Å². The number of aliphatic imine (C=N–C) groups is 1. The van der Waals surface area contributed by atoms with Gasteiger partial charge in [0.15, 0.2) is 5.96 Å². The number of hydrogen-bond donors (Lipinski definition) is 4. The fourth-order valence-corrected chi connectivity index (χ4v) is 4.69. The first-order chi connectivity index (χ1) is 15.4. The Balaban J connectivity index is 1.65. The van der Waals surface area contributed by atoms with E-state index in [0.717, 1.165) is 37.7 Å². The maximum absolute atomic E-state index is 13.7. The summed E-state index contributed by atoms with van der Waals surface area (Å²) in [6, 6.07) is 8.78. The number of amides is 2. The number of likely N-dealkylation sites (tertiary alicyclic amines) is 1. The second-order valence-electron chi connectivity index (χ2n) is 8.63. The smallest absolute Gasteiger partial charge is 0.243 e. The molecule has 2 saturated heterocycles. The van der Waals surface area contributed by atoms with Gasteiger partial charge in [0.25, 0.3) is 0 Å². The van der Waals surface area contributed by atoms with Gasteiger partial charge in [-0.25, -0.2) is 0 Å². The van der Waals surface area contributed by atoms with Crippen molar-refractivity contribution in [3.05, 3.63) is 35.9 Å². The number of carbonyl (C=O) groups is 3. The van der Waals surface area contributed by atoms with Crippen LogP contribution < -0.4 is 22.1 Å². The highest BCUT2D eigenvalue weighted by atomic mass is 16.2. The Hall–Kier alpha value is -2.94. The van der Waals surface area contributed by atoms with E-state index in [0.29, 0.717) is 38.8 Å². The third kappa shape index (κ3) is 5.85. The standard InChI is InChI=1S/C23H34N6O3/c24-22(25)26-12-4-9-18(16-30)28-20(31)19-10-5-14-29(19)21(32)23(11-6-13-27-23)15-17-7-2-1-3-8-17/h1-3,7-8,16,18-19,27H,4-6,9-15H2,(H,28,31)(H4,24,25,26)/t18-,19-,23+/m0/s1. The molecule has 2 heterocycles. The maximum atomic E-state index is 13.7. The van der Waals surface area contributed by atoms with E-state index < -0.39 is 17.6 Å². The Morgan fingerprint density at radius 2 is 2.06 bits per heavy atom. The molecule has 0 bridgehead atoms. The van der Waals surface area contributed by atoms with Crippen molar-refractivity contribution >= 4 is 24.1 Å². The van der Waals surface area contributed by atoms with Crippen molar-refractivity contribution in [2.24, 2.45) is 16.5 Å². The van der Waals surface area contributed by atoms with Crippen LogP contribution in [-0.2, 0) is 20.8 Å². The number of hydrogen-bond acceptors (Lipinski definition) is 5. The Kier molecular flexibility index (Phi) is 8.21. The summed E-state index contributed by atoms with van der Waals surface area (Å²) in [5.74, 6) is -0.295. The van der Waals surface area contributed by atoms with Crippen molar-refractivity contribution in [2.75, 3.05) is 19.6 Å². The molecule has 0 aromatic heterocycles. The van der Waals surface area contributed by atoms with Crippen molar-refractivity contribution in [3.8, 4) is 0 Å². The molecule has 0 unspecified atom stereocenters. The van der Waals surface area contributed by atoms with Gasteiger partial charge < -0.3 is 31.8 Å². The third-order valence-electron chi connectivity index (χ3n) is 6.28. The average Bonchev–Trinajstić information content (AvgIpc) is 3.46. The SMILES string of the molecule is NC(N)=NCCC[C@@H](C=O)NC(=O)[C@@H]1CCCN1C(=O)[C@]1(Cc2ccccc2)CCCN1. The molecule has 2 fully saturated rings. The van der Waals surface area contributed by atoms with Crippen LogP contribution in [0, 0.1) is 0 Å². The van der Waals surface area contributed by atoms with Crippen LogP contribution in [-0.4, -0.2) is 66.2 Å². The lowest BCUT2D eigenvalue weighted by atomic mass is 9.87. The molecule has 2 aliphatic heterocycles. The van der Waals surface area contributed by atoms with Crippen molar-refractivity contribution < 1.29 is 14.4 Å². The molecular formula is C23H34N6O3. The van der Waals surface area contributed by atoms with Gasteiger partial charge in [0.05, 0.1) is 6.04 Å². The number of aldehydes is 1. The minimum Gasteiger partial charge on any atom is -0.370 e. The molecule has 174 valence electrons. The minimum absolute atomic E-state index is 0.00162. The summed E-state index contributed by atoms with van der Waals surface area (Å²) in [6.45, 7) is 1.72. The minimum atomic E-state index is -0.686. The van der Waals surface area contributed by atoms with E-state index >= 15 is 0 Å². The lowest BCUT2D eigenvalue weighted by molar-refractivity contribution is -0.143. The van der Waals surface area contributed by atoms with E-state index in [2.05, 4.69) is 15.6 Å². The highest BCUT2D eigenvalue weighted by Gasteiger charge is 2.47. The zero-order valence-corrected chi connectivity index (χ0v) is 18.5. The van der Waals surface area contributed by atoms with Crippen LogP contribution in [0.3, 0.4) is 0 Å². The first-order valence-corrected chi connectivity index (χ1v) is 11.4. The molecule has 1 aromatic rings. The van der Waals surface area contributed by atoms with Crippen LogP contribution in [0.1, 0.15) is 44.1 Å². The fraction of sp³-hybridized carbons (Fsp3) is 0.565. The fourth-order valence-electron chi connectivity index (χ4n) is 4.69. The third-order valence-corrected chi connectivity index (χ3v) is 6.28. The lowest BCUT2D eigenvalue weighted by Crippen LogP contribution is -2.59. The monoisotopic (exact) mass is 442 g/mol. The zero-order valence-electron chi connectivity index (χ0n) is 18.5. The predicted octanol–water partition coefficient (Wildman–Crippen LogP) is 0.0796. The zero-order chi connectivity index (χ0) is 23.0. The van der Waals surface area contributed by atoms with Crippen molar-refractivity contribution in [2.45, 2.75) is 62.6 Å². The quantitative estimate of drug-likeness (QED) is 0.175. The maximum Gasteiger partial charge on any atom is 0.243 e. The Morgan fingerprint density at radius 1 is 1.28 bits per heavy atom. The summed E-state index contributed by atoms with van der Waals surface area (Å²) < 4.78 is 0. The normalized spacial score (nSPS) is 23.5. The van der Waals surface area contributed by atoms with Crippen LogP contribution in [0.2, 0.25) is 0 Å². The number of nitrogens with two attached hydrogens (primary N) is 2. The molecule has 0 radical (unpaired) electrons. The average molecular weight is 443 g/mol. The number of benzene rings is 1.